The molecule has 1 aliphatic rings. The summed E-state index contributed by atoms with van der Waals surface area (Å²) in [7, 11) is -2.23. The minimum Gasteiger partial charge on any atom is -0.496 e. The van der Waals surface area contributed by atoms with Crippen LogP contribution in [0.15, 0.2) is 47.4 Å². The maximum absolute atomic E-state index is 12.9. The lowest BCUT2D eigenvalue weighted by Crippen LogP contribution is -2.35. The van der Waals surface area contributed by atoms with Crippen molar-refractivity contribution in [3.8, 4) is 11.8 Å². The van der Waals surface area contributed by atoms with Crippen LogP contribution in [0.25, 0.3) is 0 Å². The fourth-order valence-corrected chi connectivity index (χ4v) is 4.82. The number of hydrogen-bond donors (Lipinski definition) is 1. The van der Waals surface area contributed by atoms with Gasteiger partial charge in [-0.25, -0.2) is 8.42 Å². The van der Waals surface area contributed by atoms with Crippen LogP contribution in [0.3, 0.4) is 0 Å². The Morgan fingerprint density at radius 3 is 2.45 bits per heavy atom. The number of carbonyl (C=O) groups is 1. The zero-order valence-corrected chi connectivity index (χ0v) is 17.0. The Kier molecular flexibility index (Phi) is 6.52. The summed E-state index contributed by atoms with van der Waals surface area (Å²) in [6, 6.07) is 13.3. The van der Waals surface area contributed by atoms with Crippen LogP contribution in [0, 0.1) is 11.3 Å². The molecule has 0 radical (unpaired) electrons. The predicted octanol–water partition coefficient (Wildman–Crippen LogP) is 3.19. The van der Waals surface area contributed by atoms with Crippen LogP contribution < -0.4 is 10.1 Å². The summed E-state index contributed by atoms with van der Waals surface area (Å²) >= 11 is 0. The van der Waals surface area contributed by atoms with Gasteiger partial charge in [-0.2, -0.15) is 9.57 Å². The van der Waals surface area contributed by atoms with E-state index in [-0.39, 0.29) is 10.5 Å². The number of carbonyl (C=O) groups excluding carboxylic acids is 1. The molecule has 1 saturated heterocycles. The third-order valence-corrected chi connectivity index (χ3v) is 6.76. The molecule has 1 heterocycles. The zero-order valence-electron chi connectivity index (χ0n) is 16.2. The van der Waals surface area contributed by atoms with E-state index >= 15 is 0 Å². The largest absolute Gasteiger partial charge is 0.496 e. The zero-order chi connectivity index (χ0) is 20.9. The van der Waals surface area contributed by atoms with Crippen LogP contribution in [0.5, 0.6) is 5.75 Å². The molecule has 0 atom stereocenters. The summed E-state index contributed by atoms with van der Waals surface area (Å²) in [6.45, 7) is 0.982. The Balaban J connectivity index is 1.86. The summed E-state index contributed by atoms with van der Waals surface area (Å²) < 4.78 is 32.6. The van der Waals surface area contributed by atoms with E-state index in [9.17, 15) is 13.2 Å². The highest BCUT2D eigenvalue weighted by molar-refractivity contribution is 7.89. The molecule has 2 aromatic rings. The third-order valence-electron chi connectivity index (χ3n) is 4.86. The first kappa shape index (κ1) is 20.8. The predicted molar refractivity (Wildman–Crippen MR) is 109 cm³/mol. The molecule has 1 aliphatic heterocycles. The number of sulfonamides is 1. The molecule has 0 aromatic heterocycles. The van der Waals surface area contributed by atoms with Crippen LogP contribution in [0.1, 0.15) is 35.2 Å². The number of amides is 1. The average molecular weight is 413 g/mol. The monoisotopic (exact) mass is 413 g/mol. The summed E-state index contributed by atoms with van der Waals surface area (Å²) in [5.41, 5.74) is 1.53. The molecule has 0 bridgehead atoms. The van der Waals surface area contributed by atoms with Crippen molar-refractivity contribution in [1.29, 1.82) is 5.26 Å². The molecule has 0 saturated carbocycles. The van der Waals surface area contributed by atoms with Gasteiger partial charge >= 0.3 is 0 Å². The number of hydrogen-bond acceptors (Lipinski definition) is 5. The number of nitrogens with zero attached hydrogens (tertiary/aromatic N) is 2. The van der Waals surface area contributed by atoms with E-state index in [4.69, 9.17) is 10.00 Å². The Labute approximate surface area is 171 Å². The normalized spacial score (nSPS) is 14.8. The number of benzene rings is 2. The van der Waals surface area contributed by atoms with Crippen molar-refractivity contribution in [1.82, 2.24) is 4.31 Å². The summed E-state index contributed by atoms with van der Waals surface area (Å²) in [6.07, 6.45) is 2.99. The topological polar surface area (TPSA) is 99.5 Å². The number of piperidine rings is 1. The Bertz CT molecular complexity index is 1020. The molecule has 7 nitrogen and oxygen atoms in total. The first-order valence-electron chi connectivity index (χ1n) is 9.41. The van der Waals surface area contributed by atoms with Gasteiger partial charge in [0.15, 0.2) is 0 Å². The van der Waals surface area contributed by atoms with Crippen LogP contribution in [-0.4, -0.2) is 38.8 Å². The van der Waals surface area contributed by atoms with E-state index < -0.39 is 15.9 Å². The molecular weight excluding hydrogens is 390 g/mol. The molecule has 29 heavy (non-hydrogen) atoms. The molecule has 2 aromatic carbocycles. The van der Waals surface area contributed by atoms with Crippen molar-refractivity contribution in [2.75, 3.05) is 25.5 Å². The van der Waals surface area contributed by atoms with E-state index in [1.54, 1.807) is 24.3 Å². The van der Waals surface area contributed by atoms with Crippen molar-refractivity contribution >= 4 is 21.6 Å². The van der Waals surface area contributed by atoms with Gasteiger partial charge < -0.3 is 10.1 Å². The van der Waals surface area contributed by atoms with Crippen molar-refractivity contribution < 1.29 is 17.9 Å². The van der Waals surface area contributed by atoms with E-state index in [1.807, 2.05) is 0 Å². The third kappa shape index (κ3) is 4.75. The summed E-state index contributed by atoms with van der Waals surface area (Å²) in [5, 5.41) is 11.5. The maximum Gasteiger partial charge on any atom is 0.259 e. The lowest BCUT2D eigenvalue weighted by molar-refractivity contribution is 0.102. The van der Waals surface area contributed by atoms with Crippen molar-refractivity contribution in [3.05, 3.63) is 53.6 Å². The smallest absolute Gasteiger partial charge is 0.259 e. The van der Waals surface area contributed by atoms with Crippen LogP contribution in [-0.2, 0) is 16.4 Å². The Morgan fingerprint density at radius 1 is 1.14 bits per heavy atom. The second-order valence-corrected chi connectivity index (χ2v) is 8.75. The molecule has 1 N–H and O–H groups in total. The molecular formula is C21H23N3O4S. The Morgan fingerprint density at radius 2 is 1.83 bits per heavy atom. The maximum atomic E-state index is 12.9. The van der Waals surface area contributed by atoms with Gasteiger partial charge in [-0.05, 0) is 48.7 Å². The van der Waals surface area contributed by atoms with Crippen molar-refractivity contribution in [2.24, 2.45) is 0 Å². The van der Waals surface area contributed by atoms with Gasteiger partial charge in [0.2, 0.25) is 10.0 Å². The van der Waals surface area contributed by atoms with E-state index in [1.165, 1.54) is 29.6 Å². The van der Waals surface area contributed by atoms with E-state index in [2.05, 4.69) is 11.4 Å². The van der Waals surface area contributed by atoms with E-state index in [0.717, 1.165) is 24.8 Å². The highest BCUT2D eigenvalue weighted by Crippen LogP contribution is 2.27. The number of nitriles is 1. The molecule has 0 spiro atoms. The molecule has 3 rings (SSSR count). The van der Waals surface area contributed by atoms with Gasteiger partial charge in [-0.1, -0.05) is 18.6 Å². The van der Waals surface area contributed by atoms with Crippen LogP contribution in [0.4, 0.5) is 5.69 Å². The second-order valence-electron chi connectivity index (χ2n) is 6.81. The molecule has 0 aliphatic carbocycles. The lowest BCUT2D eigenvalue weighted by atomic mass is 10.1. The summed E-state index contributed by atoms with van der Waals surface area (Å²) in [4.78, 5) is 12.9. The number of methoxy groups -OCH3 is 1. The van der Waals surface area contributed by atoms with Crippen molar-refractivity contribution in [3.63, 3.8) is 0 Å². The van der Waals surface area contributed by atoms with Gasteiger partial charge in [0, 0.05) is 18.8 Å². The molecule has 1 fully saturated rings. The number of ether oxygens (including phenoxy) is 1. The van der Waals surface area contributed by atoms with Gasteiger partial charge in [-0.15, -0.1) is 0 Å². The van der Waals surface area contributed by atoms with Crippen molar-refractivity contribution in [2.45, 2.75) is 30.6 Å². The second kappa shape index (κ2) is 9.07. The fourth-order valence-electron chi connectivity index (χ4n) is 3.27. The van der Waals surface area contributed by atoms with Crippen LogP contribution in [0.2, 0.25) is 0 Å². The van der Waals surface area contributed by atoms with Gasteiger partial charge in [0.1, 0.15) is 5.75 Å². The standard InChI is InChI=1S/C21H23N3O4S/c1-28-20-10-9-18(29(26,27)24-13-3-2-4-14-24)15-19(20)21(25)23-17-7-5-16(6-8-17)11-12-22/h5-10,15H,2-4,11,13-14H2,1H3,(H,23,25). The number of nitrogens with one attached hydrogen (secondary N) is 1. The quantitative estimate of drug-likeness (QED) is 0.784. The average Bonchev–Trinajstić information content (AvgIpc) is 2.75. The fraction of sp³-hybridized carbons (Fsp3) is 0.333. The Hall–Kier alpha value is -2.89. The summed E-state index contributed by atoms with van der Waals surface area (Å²) in [5.74, 6) is -0.174. The molecule has 8 heteroatoms. The number of rotatable bonds is 6. The first-order chi connectivity index (χ1) is 14.0. The minimum atomic E-state index is -3.66. The van der Waals surface area contributed by atoms with Gasteiger partial charge in [-0.3, -0.25) is 4.79 Å². The molecule has 152 valence electrons. The van der Waals surface area contributed by atoms with E-state index in [0.29, 0.717) is 30.9 Å². The highest BCUT2D eigenvalue weighted by atomic mass is 32.2. The molecule has 0 unspecified atom stereocenters. The van der Waals surface area contributed by atoms with Crippen LogP contribution >= 0.6 is 0 Å². The lowest BCUT2D eigenvalue weighted by Gasteiger charge is -2.26. The van der Waals surface area contributed by atoms with Gasteiger partial charge in [0.05, 0.1) is 30.1 Å². The SMILES string of the molecule is COc1ccc(S(=O)(=O)N2CCCCC2)cc1C(=O)Nc1ccc(CC#N)cc1. The molecule has 1 amide bonds. The number of anilines is 1. The minimum absolute atomic E-state index is 0.0784. The highest BCUT2D eigenvalue weighted by Gasteiger charge is 2.27. The van der Waals surface area contributed by atoms with Gasteiger partial charge in [0.25, 0.3) is 5.91 Å². The first-order valence-corrected chi connectivity index (χ1v) is 10.8.